The lowest BCUT2D eigenvalue weighted by atomic mass is 10.2. The molecule has 0 unspecified atom stereocenters. The maximum atomic E-state index is 12.3. The number of carbonyl (C=O) groups is 1. The van der Waals surface area contributed by atoms with Crippen molar-refractivity contribution in [3.05, 3.63) is 65.4 Å². The van der Waals surface area contributed by atoms with E-state index in [-0.39, 0.29) is 11.7 Å². The number of carbonyl (C=O) groups excluding carboxylic acids is 1. The van der Waals surface area contributed by atoms with E-state index < -0.39 is 0 Å². The Morgan fingerprint density at radius 1 is 1.08 bits per heavy atom. The van der Waals surface area contributed by atoms with Crippen LogP contribution in [0.3, 0.4) is 0 Å². The van der Waals surface area contributed by atoms with Crippen LogP contribution < -0.4 is 5.32 Å². The Bertz CT molecular complexity index is 1030. The number of amides is 1. The summed E-state index contributed by atoms with van der Waals surface area (Å²) in [5.41, 5.74) is 1.56. The van der Waals surface area contributed by atoms with Crippen molar-refractivity contribution < 1.29 is 9.21 Å². The third-order valence-corrected chi connectivity index (χ3v) is 4.49. The number of nitrogens with zero attached hydrogens (tertiary/aromatic N) is 2. The molecule has 0 aliphatic heterocycles. The van der Waals surface area contributed by atoms with E-state index in [2.05, 4.69) is 15.5 Å². The summed E-state index contributed by atoms with van der Waals surface area (Å²) in [6.45, 7) is 0. The van der Waals surface area contributed by atoms with Gasteiger partial charge in [0, 0.05) is 16.0 Å². The van der Waals surface area contributed by atoms with Gasteiger partial charge < -0.3 is 4.42 Å². The fourth-order valence-electron chi connectivity index (χ4n) is 2.26. The minimum Gasteiger partial charge on any atom is -0.451 e. The van der Waals surface area contributed by atoms with Crippen LogP contribution in [0.25, 0.3) is 21.5 Å². The highest BCUT2D eigenvalue weighted by atomic mass is 35.5. The van der Waals surface area contributed by atoms with Gasteiger partial charge in [-0.25, -0.2) is 0 Å². The van der Waals surface area contributed by atoms with Gasteiger partial charge in [-0.3, -0.25) is 10.1 Å². The first-order valence-corrected chi connectivity index (χ1v) is 8.28. The lowest BCUT2D eigenvalue weighted by Gasteiger charge is -1.96. The van der Waals surface area contributed by atoms with Gasteiger partial charge in [0.25, 0.3) is 5.91 Å². The Morgan fingerprint density at radius 3 is 2.75 bits per heavy atom. The van der Waals surface area contributed by atoms with Crippen molar-refractivity contribution in [1.29, 1.82) is 0 Å². The fraction of sp³-hybridized carbons (Fsp3) is 0. The van der Waals surface area contributed by atoms with Gasteiger partial charge in [-0.2, -0.15) is 0 Å². The number of fused-ring (bicyclic) bond motifs is 1. The molecule has 4 aromatic rings. The maximum Gasteiger partial charge on any atom is 0.293 e. The van der Waals surface area contributed by atoms with Crippen LogP contribution in [0, 0.1) is 0 Å². The Labute approximate surface area is 145 Å². The second-order valence-corrected chi connectivity index (χ2v) is 6.44. The van der Waals surface area contributed by atoms with E-state index >= 15 is 0 Å². The molecule has 7 heteroatoms. The van der Waals surface area contributed by atoms with E-state index in [1.54, 1.807) is 24.3 Å². The molecule has 1 amide bonds. The van der Waals surface area contributed by atoms with Gasteiger partial charge in [0.2, 0.25) is 5.13 Å². The highest BCUT2D eigenvalue weighted by molar-refractivity contribution is 7.18. The molecule has 0 aliphatic carbocycles. The minimum atomic E-state index is -0.377. The number of hydrogen-bond donors (Lipinski definition) is 1. The van der Waals surface area contributed by atoms with Crippen LogP contribution in [0.1, 0.15) is 10.6 Å². The molecule has 0 atom stereocenters. The van der Waals surface area contributed by atoms with E-state index in [4.69, 9.17) is 16.0 Å². The fourth-order valence-corrected chi connectivity index (χ4v) is 3.18. The molecule has 24 heavy (non-hydrogen) atoms. The number of nitrogens with one attached hydrogen (secondary N) is 1. The van der Waals surface area contributed by atoms with Crippen LogP contribution in [-0.4, -0.2) is 16.1 Å². The number of furan rings is 1. The van der Waals surface area contributed by atoms with Crippen molar-refractivity contribution in [2.24, 2.45) is 0 Å². The molecule has 0 bridgehead atoms. The van der Waals surface area contributed by atoms with Gasteiger partial charge in [-0.05, 0) is 24.3 Å². The monoisotopic (exact) mass is 355 g/mol. The lowest BCUT2D eigenvalue weighted by molar-refractivity contribution is 0.0998. The van der Waals surface area contributed by atoms with Crippen molar-refractivity contribution in [3.63, 3.8) is 0 Å². The summed E-state index contributed by atoms with van der Waals surface area (Å²) < 4.78 is 5.53. The van der Waals surface area contributed by atoms with Crippen LogP contribution in [0.5, 0.6) is 0 Å². The second-order valence-electron chi connectivity index (χ2n) is 5.03. The van der Waals surface area contributed by atoms with Gasteiger partial charge in [0.15, 0.2) is 5.76 Å². The summed E-state index contributed by atoms with van der Waals surface area (Å²) in [5, 5.41) is 13.3. The number of aromatic nitrogens is 2. The third kappa shape index (κ3) is 2.89. The Kier molecular flexibility index (Phi) is 3.76. The molecular formula is C17H10ClN3O2S. The highest BCUT2D eigenvalue weighted by Gasteiger charge is 2.15. The van der Waals surface area contributed by atoms with E-state index in [0.717, 1.165) is 16.0 Å². The first-order chi connectivity index (χ1) is 11.7. The molecule has 0 radical (unpaired) electrons. The van der Waals surface area contributed by atoms with Gasteiger partial charge in [0.05, 0.1) is 0 Å². The van der Waals surface area contributed by atoms with Crippen LogP contribution in [0.2, 0.25) is 5.02 Å². The number of anilines is 1. The lowest BCUT2D eigenvalue weighted by Crippen LogP contribution is -2.10. The van der Waals surface area contributed by atoms with Crippen LogP contribution >= 0.6 is 22.9 Å². The Balaban J connectivity index is 1.56. The average molecular weight is 356 g/mol. The van der Waals surface area contributed by atoms with Gasteiger partial charge >= 0.3 is 0 Å². The molecule has 1 N–H and O–H groups in total. The van der Waals surface area contributed by atoms with Crippen LogP contribution in [0.4, 0.5) is 5.13 Å². The number of benzene rings is 2. The zero-order valence-corrected chi connectivity index (χ0v) is 13.8. The number of rotatable bonds is 3. The summed E-state index contributed by atoms with van der Waals surface area (Å²) in [7, 11) is 0. The molecule has 4 rings (SSSR count). The normalized spacial score (nSPS) is 10.9. The summed E-state index contributed by atoms with van der Waals surface area (Å²) in [5.74, 6) is -0.179. The van der Waals surface area contributed by atoms with Crippen molar-refractivity contribution >= 4 is 44.9 Å². The zero-order valence-electron chi connectivity index (χ0n) is 12.2. The van der Waals surface area contributed by atoms with Gasteiger partial charge in [-0.15, -0.1) is 10.2 Å². The van der Waals surface area contributed by atoms with Crippen molar-refractivity contribution in [1.82, 2.24) is 10.2 Å². The van der Waals surface area contributed by atoms with E-state index in [9.17, 15) is 4.79 Å². The Hall–Kier alpha value is -2.70. The molecule has 5 nitrogen and oxygen atoms in total. The van der Waals surface area contributed by atoms with E-state index in [1.165, 1.54) is 11.3 Å². The first-order valence-electron chi connectivity index (χ1n) is 7.08. The first kappa shape index (κ1) is 14.9. The smallest absolute Gasteiger partial charge is 0.293 e. The molecule has 2 aromatic heterocycles. The summed E-state index contributed by atoms with van der Waals surface area (Å²) in [6, 6.07) is 16.5. The van der Waals surface area contributed by atoms with Crippen molar-refractivity contribution in [2.45, 2.75) is 0 Å². The van der Waals surface area contributed by atoms with Crippen molar-refractivity contribution in [2.75, 3.05) is 5.32 Å². The molecule has 0 aliphatic rings. The molecule has 2 aromatic carbocycles. The largest absolute Gasteiger partial charge is 0.451 e. The molecule has 0 saturated heterocycles. The van der Waals surface area contributed by atoms with E-state index in [0.29, 0.717) is 15.7 Å². The highest BCUT2D eigenvalue weighted by Crippen LogP contribution is 2.27. The molecule has 0 spiro atoms. The molecular weight excluding hydrogens is 346 g/mol. The minimum absolute atomic E-state index is 0.198. The van der Waals surface area contributed by atoms with Crippen molar-refractivity contribution in [3.8, 4) is 10.6 Å². The van der Waals surface area contributed by atoms with Gasteiger partial charge in [-0.1, -0.05) is 53.3 Å². The predicted octanol–water partition coefficient (Wildman–Crippen LogP) is 4.86. The third-order valence-electron chi connectivity index (χ3n) is 3.37. The SMILES string of the molecule is O=C(Nc1nnc(-c2ccccc2)s1)c1cc2cc(Cl)ccc2o1. The number of hydrogen-bond acceptors (Lipinski definition) is 5. The van der Waals surface area contributed by atoms with Crippen LogP contribution in [0.15, 0.2) is 59.0 Å². The average Bonchev–Trinajstić information content (AvgIpc) is 3.22. The summed E-state index contributed by atoms with van der Waals surface area (Å²) >= 11 is 7.24. The van der Waals surface area contributed by atoms with E-state index in [1.807, 2.05) is 30.3 Å². The molecule has 0 fully saturated rings. The summed E-state index contributed by atoms with van der Waals surface area (Å²) in [4.78, 5) is 12.3. The molecule has 2 heterocycles. The molecule has 118 valence electrons. The standard InChI is InChI=1S/C17H10ClN3O2S/c18-12-6-7-13-11(8-12)9-14(23-13)15(22)19-17-21-20-16(24-17)10-4-2-1-3-5-10/h1-9H,(H,19,21,22). The predicted molar refractivity (Wildman–Crippen MR) is 94.5 cm³/mol. The number of halogens is 1. The summed E-state index contributed by atoms with van der Waals surface area (Å²) in [6.07, 6.45) is 0. The zero-order chi connectivity index (χ0) is 16.5. The second kappa shape index (κ2) is 6.07. The maximum absolute atomic E-state index is 12.3. The van der Waals surface area contributed by atoms with Crippen LogP contribution in [-0.2, 0) is 0 Å². The Morgan fingerprint density at radius 2 is 1.92 bits per heavy atom. The topological polar surface area (TPSA) is 68.0 Å². The van der Waals surface area contributed by atoms with Gasteiger partial charge in [0.1, 0.15) is 10.6 Å². The molecule has 0 saturated carbocycles. The quantitative estimate of drug-likeness (QED) is 0.570.